The summed E-state index contributed by atoms with van der Waals surface area (Å²) in [6, 6.07) is -0.504. The van der Waals surface area contributed by atoms with Crippen molar-refractivity contribution in [1.82, 2.24) is 25.8 Å². The van der Waals surface area contributed by atoms with Crippen LogP contribution in [0.25, 0.3) is 0 Å². The Balaban J connectivity index is 1.88. The Bertz CT molecular complexity index is 425. The van der Waals surface area contributed by atoms with Gasteiger partial charge in [-0.3, -0.25) is 5.10 Å². The first-order chi connectivity index (χ1) is 8.62. The highest BCUT2D eigenvalue weighted by atomic mass is 16.4. The lowest BCUT2D eigenvalue weighted by Crippen LogP contribution is -2.55. The molecule has 98 valence electrons. The Labute approximate surface area is 103 Å². The molecule has 0 unspecified atom stereocenters. The molecule has 4 N–H and O–H groups in total. The number of aliphatic carboxylic acids is 1. The maximum absolute atomic E-state index is 11.7. The lowest BCUT2D eigenvalue weighted by Gasteiger charge is -2.25. The topological polar surface area (TPSA) is 120 Å². The number of urea groups is 1. The summed E-state index contributed by atoms with van der Waals surface area (Å²) in [5.41, 5.74) is -1.12. The van der Waals surface area contributed by atoms with Gasteiger partial charge in [0.15, 0.2) is 0 Å². The molecule has 1 fully saturated rings. The molecule has 1 aliphatic carbocycles. The minimum Gasteiger partial charge on any atom is -0.480 e. The van der Waals surface area contributed by atoms with E-state index in [0.717, 1.165) is 12.8 Å². The molecule has 1 aromatic heterocycles. The fraction of sp³-hybridized carbons (Fsp3) is 0.600. The first kappa shape index (κ1) is 12.3. The largest absolute Gasteiger partial charge is 0.480 e. The molecular weight excluding hydrogens is 238 g/mol. The van der Waals surface area contributed by atoms with Crippen LogP contribution in [-0.4, -0.2) is 37.8 Å². The Kier molecular flexibility index (Phi) is 3.45. The zero-order valence-corrected chi connectivity index (χ0v) is 9.77. The van der Waals surface area contributed by atoms with Gasteiger partial charge in [-0.15, -0.1) is 0 Å². The third-order valence-electron chi connectivity index (χ3n) is 3.10. The van der Waals surface area contributed by atoms with Crippen LogP contribution in [0.4, 0.5) is 4.79 Å². The summed E-state index contributed by atoms with van der Waals surface area (Å²) in [5.74, 6) is -0.462. The average Bonchev–Trinajstić information content (AvgIpc) is 2.97. The Hall–Kier alpha value is -2.12. The number of carboxylic acids is 1. The maximum Gasteiger partial charge on any atom is 0.329 e. The van der Waals surface area contributed by atoms with Crippen LogP contribution in [0.1, 0.15) is 31.5 Å². The zero-order chi connectivity index (χ0) is 13.0. The van der Waals surface area contributed by atoms with E-state index in [1.807, 2.05) is 0 Å². The number of rotatable bonds is 4. The van der Waals surface area contributed by atoms with Crippen LogP contribution in [0.5, 0.6) is 0 Å². The van der Waals surface area contributed by atoms with Crippen molar-refractivity contribution >= 4 is 12.0 Å². The van der Waals surface area contributed by atoms with E-state index in [0.29, 0.717) is 18.7 Å². The number of aromatic nitrogens is 3. The molecular formula is C10H15N5O3. The van der Waals surface area contributed by atoms with Gasteiger partial charge in [-0.1, -0.05) is 12.8 Å². The van der Waals surface area contributed by atoms with Crippen LogP contribution in [0.15, 0.2) is 6.33 Å². The van der Waals surface area contributed by atoms with Crippen molar-refractivity contribution in [1.29, 1.82) is 0 Å². The van der Waals surface area contributed by atoms with Crippen LogP contribution in [-0.2, 0) is 11.3 Å². The van der Waals surface area contributed by atoms with Gasteiger partial charge in [0.25, 0.3) is 0 Å². The molecule has 1 saturated carbocycles. The number of nitrogens with zero attached hydrogens (tertiary/aromatic N) is 2. The van der Waals surface area contributed by atoms with Crippen LogP contribution >= 0.6 is 0 Å². The lowest BCUT2D eigenvalue weighted by atomic mass is 9.98. The van der Waals surface area contributed by atoms with Crippen LogP contribution < -0.4 is 10.6 Å². The molecule has 8 heteroatoms. The summed E-state index contributed by atoms with van der Waals surface area (Å²) in [7, 11) is 0. The third-order valence-corrected chi connectivity index (χ3v) is 3.10. The predicted molar refractivity (Wildman–Crippen MR) is 60.6 cm³/mol. The average molecular weight is 253 g/mol. The number of hydrogen-bond acceptors (Lipinski definition) is 4. The van der Waals surface area contributed by atoms with Gasteiger partial charge in [-0.05, 0) is 12.8 Å². The fourth-order valence-electron chi connectivity index (χ4n) is 2.11. The van der Waals surface area contributed by atoms with Gasteiger partial charge in [0.2, 0.25) is 0 Å². The Morgan fingerprint density at radius 3 is 2.72 bits per heavy atom. The number of hydrogen-bond donors (Lipinski definition) is 4. The molecule has 0 aliphatic heterocycles. The number of carbonyl (C=O) groups is 2. The summed E-state index contributed by atoms with van der Waals surface area (Å²) < 4.78 is 0. The van der Waals surface area contributed by atoms with E-state index in [4.69, 9.17) is 0 Å². The maximum atomic E-state index is 11.7. The second kappa shape index (κ2) is 5.03. The normalized spacial score (nSPS) is 17.3. The third kappa shape index (κ3) is 2.58. The minimum atomic E-state index is -1.12. The quantitative estimate of drug-likeness (QED) is 0.602. The molecule has 0 saturated heterocycles. The van der Waals surface area contributed by atoms with E-state index in [1.165, 1.54) is 6.33 Å². The highest BCUT2D eigenvalue weighted by Gasteiger charge is 2.42. The number of carboxylic acid groups (broad SMARTS) is 1. The SMILES string of the molecule is O=C(NCc1ncn[nH]1)NC1(C(=O)O)CCCC1. The first-order valence-electron chi connectivity index (χ1n) is 5.76. The van der Waals surface area contributed by atoms with E-state index < -0.39 is 17.5 Å². The van der Waals surface area contributed by atoms with Gasteiger partial charge in [0, 0.05) is 0 Å². The Morgan fingerprint density at radius 1 is 1.44 bits per heavy atom. The van der Waals surface area contributed by atoms with Gasteiger partial charge >= 0.3 is 12.0 Å². The van der Waals surface area contributed by atoms with Crippen LogP contribution in [0, 0.1) is 0 Å². The van der Waals surface area contributed by atoms with E-state index in [9.17, 15) is 14.7 Å². The predicted octanol–water partition coefficient (Wildman–Crippen LogP) is 0.00130. The summed E-state index contributed by atoms with van der Waals surface area (Å²) in [5, 5.41) is 20.5. The summed E-state index contributed by atoms with van der Waals surface area (Å²) in [4.78, 5) is 26.7. The van der Waals surface area contributed by atoms with Crippen molar-refractivity contribution in [3.8, 4) is 0 Å². The standard InChI is InChI=1S/C10H15N5O3/c16-8(17)10(3-1-2-4-10)14-9(18)11-5-7-12-6-13-15-7/h6H,1-5H2,(H,16,17)(H2,11,14,18)(H,12,13,15). The first-order valence-corrected chi connectivity index (χ1v) is 5.76. The molecule has 0 atom stereocenters. The van der Waals surface area contributed by atoms with E-state index in [2.05, 4.69) is 25.8 Å². The Morgan fingerprint density at radius 2 is 2.17 bits per heavy atom. The molecule has 0 radical (unpaired) electrons. The van der Waals surface area contributed by atoms with Gasteiger partial charge < -0.3 is 15.7 Å². The van der Waals surface area contributed by atoms with Crippen molar-refractivity contribution in [2.45, 2.75) is 37.8 Å². The van der Waals surface area contributed by atoms with Crippen molar-refractivity contribution in [2.75, 3.05) is 0 Å². The number of nitrogens with one attached hydrogen (secondary N) is 3. The second-order valence-electron chi connectivity index (χ2n) is 4.33. The molecule has 1 heterocycles. The zero-order valence-electron chi connectivity index (χ0n) is 9.77. The van der Waals surface area contributed by atoms with Gasteiger partial charge in [0.05, 0.1) is 6.54 Å². The molecule has 18 heavy (non-hydrogen) atoms. The summed E-state index contributed by atoms with van der Waals surface area (Å²) >= 11 is 0. The lowest BCUT2D eigenvalue weighted by molar-refractivity contribution is -0.144. The van der Waals surface area contributed by atoms with Crippen molar-refractivity contribution < 1.29 is 14.7 Å². The molecule has 0 aromatic carbocycles. The summed E-state index contributed by atoms with van der Waals surface area (Å²) in [6.45, 7) is 0.182. The van der Waals surface area contributed by atoms with E-state index >= 15 is 0 Å². The highest BCUT2D eigenvalue weighted by Crippen LogP contribution is 2.29. The van der Waals surface area contributed by atoms with Crippen LogP contribution in [0.3, 0.4) is 0 Å². The summed E-state index contributed by atoms with van der Waals surface area (Å²) in [6.07, 6.45) is 3.91. The minimum absolute atomic E-state index is 0.182. The molecule has 8 nitrogen and oxygen atoms in total. The smallest absolute Gasteiger partial charge is 0.329 e. The molecule has 1 aromatic rings. The van der Waals surface area contributed by atoms with Crippen molar-refractivity contribution in [3.63, 3.8) is 0 Å². The van der Waals surface area contributed by atoms with Gasteiger partial charge in [-0.2, -0.15) is 5.10 Å². The van der Waals surface area contributed by atoms with Crippen molar-refractivity contribution in [3.05, 3.63) is 12.2 Å². The highest BCUT2D eigenvalue weighted by molar-refractivity contribution is 5.86. The molecule has 2 amide bonds. The van der Waals surface area contributed by atoms with Gasteiger partial charge in [0.1, 0.15) is 17.7 Å². The molecule has 2 rings (SSSR count). The monoisotopic (exact) mass is 253 g/mol. The number of H-pyrrole nitrogens is 1. The van der Waals surface area contributed by atoms with E-state index in [-0.39, 0.29) is 6.54 Å². The second-order valence-corrected chi connectivity index (χ2v) is 4.33. The molecule has 0 bridgehead atoms. The van der Waals surface area contributed by atoms with Crippen molar-refractivity contribution in [2.24, 2.45) is 0 Å². The number of amides is 2. The number of aromatic amines is 1. The molecule has 0 spiro atoms. The van der Waals surface area contributed by atoms with Gasteiger partial charge in [-0.25, -0.2) is 14.6 Å². The van der Waals surface area contributed by atoms with E-state index in [1.54, 1.807) is 0 Å². The molecule has 1 aliphatic rings. The fourth-order valence-corrected chi connectivity index (χ4v) is 2.11. The van der Waals surface area contributed by atoms with Crippen LogP contribution in [0.2, 0.25) is 0 Å². The number of carbonyl (C=O) groups excluding carboxylic acids is 1.